The van der Waals surface area contributed by atoms with Crippen LogP contribution in [0.1, 0.15) is 39.3 Å². The number of aromatic nitrogens is 2. The Hall–Kier alpha value is -1.35. The Morgan fingerprint density at radius 2 is 2.00 bits per heavy atom. The number of fused-ring (bicyclic) bond motifs is 1. The molecule has 2 aromatic rings. The van der Waals surface area contributed by atoms with Crippen LogP contribution in [0.4, 0.5) is 0 Å². The molecule has 0 aliphatic carbocycles. The lowest BCUT2D eigenvalue weighted by molar-refractivity contribution is 0.590. The Morgan fingerprint density at radius 1 is 1.22 bits per heavy atom. The van der Waals surface area contributed by atoms with E-state index in [1.165, 1.54) is 11.1 Å². The summed E-state index contributed by atoms with van der Waals surface area (Å²) in [5.41, 5.74) is 3.68. The molecule has 3 nitrogen and oxygen atoms in total. The third-order valence-electron chi connectivity index (χ3n) is 3.16. The van der Waals surface area contributed by atoms with E-state index in [1.54, 1.807) is 0 Å². The molecule has 0 radical (unpaired) electrons. The Balaban J connectivity index is 2.13. The van der Waals surface area contributed by atoms with Crippen LogP contribution in [-0.2, 0) is 6.42 Å². The average molecular weight is 245 g/mol. The van der Waals surface area contributed by atoms with Gasteiger partial charge in [0.2, 0.25) is 0 Å². The molecule has 1 heterocycles. The van der Waals surface area contributed by atoms with Gasteiger partial charge in [0.1, 0.15) is 0 Å². The van der Waals surface area contributed by atoms with Crippen molar-refractivity contribution in [2.75, 3.05) is 6.54 Å². The van der Waals surface area contributed by atoms with Crippen LogP contribution >= 0.6 is 0 Å². The topological polar surface area (TPSA) is 29.9 Å². The van der Waals surface area contributed by atoms with E-state index in [0.29, 0.717) is 12.1 Å². The van der Waals surface area contributed by atoms with Crippen molar-refractivity contribution in [3.8, 4) is 0 Å². The van der Waals surface area contributed by atoms with Crippen LogP contribution in [0.25, 0.3) is 11.0 Å². The van der Waals surface area contributed by atoms with E-state index < -0.39 is 0 Å². The predicted octanol–water partition coefficient (Wildman–Crippen LogP) is 3.16. The van der Waals surface area contributed by atoms with Gasteiger partial charge in [0.15, 0.2) is 0 Å². The van der Waals surface area contributed by atoms with Crippen LogP contribution in [0.15, 0.2) is 24.5 Å². The normalized spacial score (nSPS) is 11.9. The van der Waals surface area contributed by atoms with E-state index in [2.05, 4.69) is 60.8 Å². The van der Waals surface area contributed by atoms with E-state index in [0.717, 1.165) is 18.5 Å². The molecule has 1 N–H and O–H groups in total. The molecule has 0 unspecified atom stereocenters. The molecule has 0 saturated heterocycles. The highest BCUT2D eigenvalue weighted by atomic mass is 15.1. The first-order valence-corrected chi connectivity index (χ1v) is 6.77. The second-order valence-electron chi connectivity index (χ2n) is 5.43. The molecule has 0 amide bonds. The summed E-state index contributed by atoms with van der Waals surface area (Å²) < 4.78 is 2.21. The first-order valence-electron chi connectivity index (χ1n) is 6.77. The molecular formula is C15H23N3. The maximum Gasteiger partial charge on any atom is 0.0960 e. The predicted molar refractivity (Wildman–Crippen MR) is 77.0 cm³/mol. The van der Waals surface area contributed by atoms with Crippen LogP contribution in [0.2, 0.25) is 0 Å². The van der Waals surface area contributed by atoms with Crippen molar-refractivity contribution in [3.63, 3.8) is 0 Å². The summed E-state index contributed by atoms with van der Waals surface area (Å²) >= 11 is 0. The standard InChI is InChI=1S/C15H23N3/c1-11(2)16-8-7-13-5-6-15-14(9-13)17-10-18(15)12(3)4/h5-6,9-12,16H,7-8H2,1-4H3. The number of benzene rings is 1. The summed E-state index contributed by atoms with van der Waals surface area (Å²) in [4.78, 5) is 4.49. The molecule has 98 valence electrons. The van der Waals surface area contributed by atoms with E-state index in [-0.39, 0.29) is 0 Å². The Bertz CT molecular complexity index is 511. The van der Waals surface area contributed by atoms with Gasteiger partial charge in [-0.1, -0.05) is 19.9 Å². The number of imidazole rings is 1. The van der Waals surface area contributed by atoms with Crippen molar-refractivity contribution in [2.45, 2.75) is 46.2 Å². The molecule has 0 fully saturated rings. The lowest BCUT2D eigenvalue weighted by Gasteiger charge is -2.09. The monoisotopic (exact) mass is 245 g/mol. The molecule has 0 atom stereocenters. The lowest BCUT2D eigenvalue weighted by Crippen LogP contribution is -2.24. The molecule has 1 aromatic carbocycles. The molecule has 3 heteroatoms. The molecule has 0 saturated carbocycles. The second kappa shape index (κ2) is 5.53. The van der Waals surface area contributed by atoms with Gasteiger partial charge in [-0.05, 0) is 44.5 Å². The summed E-state index contributed by atoms with van der Waals surface area (Å²) in [5.74, 6) is 0. The number of rotatable bonds is 5. The maximum atomic E-state index is 4.49. The molecule has 18 heavy (non-hydrogen) atoms. The molecule has 0 spiro atoms. The number of nitrogens with zero attached hydrogens (tertiary/aromatic N) is 2. The highest BCUT2D eigenvalue weighted by molar-refractivity contribution is 5.76. The van der Waals surface area contributed by atoms with Crippen molar-refractivity contribution in [1.29, 1.82) is 0 Å². The summed E-state index contributed by atoms with van der Waals surface area (Å²) in [6, 6.07) is 7.62. The van der Waals surface area contributed by atoms with Gasteiger partial charge in [0, 0.05) is 12.1 Å². The molecule has 2 rings (SSSR count). The van der Waals surface area contributed by atoms with Crippen molar-refractivity contribution >= 4 is 11.0 Å². The van der Waals surface area contributed by atoms with Crippen LogP contribution < -0.4 is 5.32 Å². The van der Waals surface area contributed by atoms with Gasteiger partial charge in [-0.2, -0.15) is 0 Å². The SMILES string of the molecule is CC(C)NCCc1ccc2c(c1)ncn2C(C)C. The van der Waals surface area contributed by atoms with Crippen molar-refractivity contribution in [3.05, 3.63) is 30.1 Å². The largest absolute Gasteiger partial charge is 0.328 e. The second-order valence-corrected chi connectivity index (χ2v) is 5.43. The number of nitrogens with one attached hydrogen (secondary N) is 1. The van der Waals surface area contributed by atoms with Gasteiger partial charge < -0.3 is 9.88 Å². The summed E-state index contributed by atoms with van der Waals surface area (Å²) in [6.45, 7) is 9.73. The Morgan fingerprint density at radius 3 is 2.67 bits per heavy atom. The number of hydrogen-bond acceptors (Lipinski definition) is 2. The minimum absolute atomic E-state index is 0.462. The van der Waals surface area contributed by atoms with Gasteiger partial charge in [0.25, 0.3) is 0 Å². The zero-order chi connectivity index (χ0) is 13.1. The van der Waals surface area contributed by atoms with Gasteiger partial charge in [-0.3, -0.25) is 0 Å². The third-order valence-corrected chi connectivity index (χ3v) is 3.16. The minimum Gasteiger partial charge on any atom is -0.328 e. The van der Waals surface area contributed by atoms with Crippen molar-refractivity contribution in [1.82, 2.24) is 14.9 Å². The van der Waals surface area contributed by atoms with E-state index >= 15 is 0 Å². The molecular weight excluding hydrogens is 222 g/mol. The summed E-state index contributed by atoms with van der Waals surface area (Å²) in [7, 11) is 0. The van der Waals surface area contributed by atoms with Gasteiger partial charge in [-0.25, -0.2) is 4.98 Å². The molecule has 1 aromatic heterocycles. The fourth-order valence-electron chi connectivity index (χ4n) is 2.15. The zero-order valence-corrected chi connectivity index (χ0v) is 11.8. The summed E-state index contributed by atoms with van der Waals surface area (Å²) in [6.07, 6.45) is 2.99. The minimum atomic E-state index is 0.462. The highest BCUT2D eigenvalue weighted by Crippen LogP contribution is 2.18. The zero-order valence-electron chi connectivity index (χ0n) is 11.8. The smallest absolute Gasteiger partial charge is 0.0960 e. The van der Waals surface area contributed by atoms with Crippen molar-refractivity contribution in [2.24, 2.45) is 0 Å². The van der Waals surface area contributed by atoms with Crippen molar-refractivity contribution < 1.29 is 0 Å². The summed E-state index contributed by atoms with van der Waals surface area (Å²) in [5, 5.41) is 3.44. The molecule has 0 aliphatic heterocycles. The van der Waals surface area contributed by atoms with Crippen LogP contribution in [0.5, 0.6) is 0 Å². The molecule has 0 aliphatic rings. The first-order chi connectivity index (χ1) is 8.58. The highest BCUT2D eigenvalue weighted by Gasteiger charge is 2.06. The molecule has 0 bridgehead atoms. The maximum absolute atomic E-state index is 4.49. The average Bonchev–Trinajstić information content (AvgIpc) is 2.71. The fourth-order valence-corrected chi connectivity index (χ4v) is 2.15. The van der Waals surface area contributed by atoms with Crippen LogP contribution in [0, 0.1) is 0 Å². The van der Waals surface area contributed by atoms with Crippen LogP contribution in [-0.4, -0.2) is 22.1 Å². The number of hydrogen-bond donors (Lipinski definition) is 1. The third kappa shape index (κ3) is 2.91. The van der Waals surface area contributed by atoms with Crippen LogP contribution in [0.3, 0.4) is 0 Å². The fraction of sp³-hybridized carbons (Fsp3) is 0.533. The van der Waals surface area contributed by atoms with Gasteiger partial charge >= 0.3 is 0 Å². The Labute approximate surface area is 109 Å². The lowest BCUT2D eigenvalue weighted by atomic mass is 10.1. The Kier molecular flexibility index (Phi) is 4.02. The van der Waals surface area contributed by atoms with Gasteiger partial charge in [-0.15, -0.1) is 0 Å². The van der Waals surface area contributed by atoms with E-state index in [9.17, 15) is 0 Å². The van der Waals surface area contributed by atoms with E-state index in [1.807, 2.05) is 6.33 Å². The quantitative estimate of drug-likeness (QED) is 0.877. The van der Waals surface area contributed by atoms with E-state index in [4.69, 9.17) is 0 Å². The first kappa shape index (κ1) is 13.1. The van der Waals surface area contributed by atoms with Gasteiger partial charge in [0.05, 0.1) is 17.4 Å².